The largest absolute Gasteiger partial charge is 0.472 e. The molecule has 1 amide bonds. The van der Waals surface area contributed by atoms with Crippen molar-refractivity contribution >= 4 is 22.9 Å². The molecule has 8 nitrogen and oxygen atoms in total. The van der Waals surface area contributed by atoms with E-state index in [1.165, 1.54) is 21.8 Å². The molecule has 1 fully saturated rings. The van der Waals surface area contributed by atoms with E-state index in [0.717, 1.165) is 17.7 Å². The first-order valence-electron chi connectivity index (χ1n) is 9.86. The second-order valence-corrected chi connectivity index (χ2v) is 7.09. The number of halogens is 2. The van der Waals surface area contributed by atoms with Crippen LogP contribution in [0.3, 0.4) is 0 Å². The van der Waals surface area contributed by atoms with Gasteiger partial charge >= 0.3 is 0 Å². The lowest BCUT2D eigenvalue weighted by Gasteiger charge is -2.25. The van der Waals surface area contributed by atoms with Crippen molar-refractivity contribution in [2.24, 2.45) is 0 Å². The summed E-state index contributed by atoms with van der Waals surface area (Å²) in [4.78, 5) is 22.7. The van der Waals surface area contributed by atoms with E-state index in [9.17, 15) is 13.6 Å². The minimum Gasteiger partial charge on any atom is -0.472 e. The summed E-state index contributed by atoms with van der Waals surface area (Å²) in [6, 6.07) is 12.7. The number of carbonyl (C=O) groups excluding carboxylic acids is 1. The van der Waals surface area contributed by atoms with E-state index in [1.54, 1.807) is 0 Å². The fourth-order valence-electron chi connectivity index (χ4n) is 3.39. The Bertz CT molecular complexity index is 1300. The maximum atomic E-state index is 14.5. The quantitative estimate of drug-likeness (QED) is 0.477. The van der Waals surface area contributed by atoms with Gasteiger partial charge in [-0.15, -0.1) is 0 Å². The third-order valence-electron chi connectivity index (χ3n) is 4.97. The van der Waals surface area contributed by atoms with Gasteiger partial charge in [-0.25, -0.2) is 13.5 Å². The first-order chi connectivity index (χ1) is 15.6. The fourth-order valence-corrected chi connectivity index (χ4v) is 3.39. The number of amides is 1. The molecule has 0 N–H and O–H groups in total. The van der Waals surface area contributed by atoms with Gasteiger partial charge in [0.15, 0.2) is 11.5 Å². The summed E-state index contributed by atoms with van der Waals surface area (Å²) in [6.45, 7) is 0.730. The number of rotatable bonds is 5. The van der Waals surface area contributed by atoms with Crippen molar-refractivity contribution < 1.29 is 23.0 Å². The van der Waals surface area contributed by atoms with Gasteiger partial charge in [0.1, 0.15) is 30.1 Å². The SMILES string of the molecule is O=C1COCCN1c1nc(OCc2ccccc2)c2cnn(-c3ccc(F)cc3F)c2n1. The van der Waals surface area contributed by atoms with Crippen LogP contribution < -0.4 is 9.64 Å². The summed E-state index contributed by atoms with van der Waals surface area (Å²) in [7, 11) is 0. The van der Waals surface area contributed by atoms with E-state index < -0.39 is 11.6 Å². The maximum Gasteiger partial charge on any atom is 0.255 e. The van der Waals surface area contributed by atoms with Crippen LogP contribution in [0.25, 0.3) is 16.7 Å². The number of nitrogens with zero attached hydrogens (tertiary/aromatic N) is 5. The molecule has 0 bridgehead atoms. The fraction of sp³-hybridized carbons (Fsp3) is 0.182. The van der Waals surface area contributed by atoms with Crippen molar-refractivity contribution in [3.8, 4) is 11.6 Å². The van der Waals surface area contributed by atoms with Gasteiger partial charge in [0.2, 0.25) is 11.8 Å². The van der Waals surface area contributed by atoms with Crippen molar-refractivity contribution in [1.82, 2.24) is 19.7 Å². The van der Waals surface area contributed by atoms with Crippen molar-refractivity contribution in [1.29, 1.82) is 0 Å². The Morgan fingerprint density at radius 2 is 1.94 bits per heavy atom. The molecule has 0 atom stereocenters. The number of carbonyl (C=O) groups is 1. The van der Waals surface area contributed by atoms with Crippen molar-refractivity contribution in [2.75, 3.05) is 24.7 Å². The van der Waals surface area contributed by atoms with Crippen LogP contribution in [0.4, 0.5) is 14.7 Å². The molecule has 2 aromatic heterocycles. The molecular weight excluding hydrogens is 420 g/mol. The van der Waals surface area contributed by atoms with Crippen molar-refractivity contribution in [3.05, 3.63) is 71.9 Å². The van der Waals surface area contributed by atoms with E-state index in [2.05, 4.69) is 15.1 Å². The third-order valence-corrected chi connectivity index (χ3v) is 4.97. The highest BCUT2D eigenvalue weighted by atomic mass is 19.1. The number of fused-ring (bicyclic) bond motifs is 1. The minimum atomic E-state index is -0.802. The van der Waals surface area contributed by atoms with Gasteiger partial charge in [0.05, 0.1) is 19.3 Å². The zero-order chi connectivity index (χ0) is 22.1. The number of hydrogen-bond donors (Lipinski definition) is 0. The molecule has 10 heteroatoms. The number of benzene rings is 2. The van der Waals surface area contributed by atoms with Crippen molar-refractivity contribution in [2.45, 2.75) is 6.61 Å². The summed E-state index contributed by atoms with van der Waals surface area (Å²) < 4.78 is 40.2. The Labute approximate surface area is 181 Å². The summed E-state index contributed by atoms with van der Waals surface area (Å²) in [5.41, 5.74) is 1.15. The number of morpholine rings is 1. The van der Waals surface area contributed by atoms with E-state index in [1.807, 2.05) is 30.3 Å². The molecule has 0 saturated carbocycles. The first-order valence-corrected chi connectivity index (χ1v) is 9.86. The average molecular weight is 437 g/mol. The smallest absolute Gasteiger partial charge is 0.255 e. The van der Waals surface area contributed by atoms with Gasteiger partial charge in [-0.1, -0.05) is 30.3 Å². The number of anilines is 1. The molecule has 32 heavy (non-hydrogen) atoms. The molecular formula is C22H17F2N5O3. The highest BCUT2D eigenvalue weighted by molar-refractivity contribution is 5.94. The van der Waals surface area contributed by atoms with Gasteiger partial charge in [0, 0.05) is 6.07 Å². The molecule has 3 heterocycles. The number of aromatic nitrogens is 4. The zero-order valence-corrected chi connectivity index (χ0v) is 16.7. The van der Waals surface area contributed by atoms with Crippen molar-refractivity contribution in [3.63, 3.8) is 0 Å². The van der Waals surface area contributed by atoms with Gasteiger partial charge in [-0.05, 0) is 17.7 Å². The lowest BCUT2D eigenvalue weighted by molar-refractivity contribution is -0.125. The van der Waals surface area contributed by atoms with Gasteiger partial charge in [-0.3, -0.25) is 9.69 Å². The molecule has 0 aliphatic carbocycles. The van der Waals surface area contributed by atoms with E-state index in [-0.39, 0.29) is 48.8 Å². The first kappa shape index (κ1) is 20.0. The molecule has 162 valence electrons. The van der Waals surface area contributed by atoms with Gasteiger partial charge < -0.3 is 9.47 Å². The Morgan fingerprint density at radius 3 is 2.72 bits per heavy atom. The Kier molecular flexibility index (Phi) is 5.20. The number of hydrogen-bond acceptors (Lipinski definition) is 6. The molecule has 1 aliphatic rings. The van der Waals surface area contributed by atoms with Crippen LogP contribution >= 0.6 is 0 Å². The van der Waals surface area contributed by atoms with Crippen LogP contribution in [-0.2, 0) is 16.1 Å². The van der Waals surface area contributed by atoms with Crippen LogP contribution in [0, 0.1) is 11.6 Å². The third kappa shape index (κ3) is 3.76. The van der Waals surface area contributed by atoms with Gasteiger partial charge in [0.25, 0.3) is 5.91 Å². The van der Waals surface area contributed by atoms with Gasteiger partial charge in [-0.2, -0.15) is 15.1 Å². The second-order valence-electron chi connectivity index (χ2n) is 7.09. The lowest BCUT2D eigenvalue weighted by Crippen LogP contribution is -2.42. The standard InChI is InChI=1S/C22H17F2N5O3/c23-15-6-7-18(17(24)10-15)29-20-16(11-25-29)21(32-12-14-4-2-1-3-5-14)27-22(26-20)28-8-9-31-13-19(28)30/h1-7,10-11H,8-9,12-13H2. The summed E-state index contributed by atoms with van der Waals surface area (Å²) in [6.07, 6.45) is 1.45. The van der Waals surface area contributed by atoms with Crippen LogP contribution in [0.5, 0.6) is 5.88 Å². The predicted molar refractivity (Wildman–Crippen MR) is 111 cm³/mol. The summed E-state index contributed by atoms with van der Waals surface area (Å²) in [5.74, 6) is -1.52. The molecule has 0 unspecified atom stereocenters. The topological polar surface area (TPSA) is 82.4 Å². The Hall–Kier alpha value is -3.92. The molecule has 5 rings (SSSR count). The molecule has 0 spiro atoms. The minimum absolute atomic E-state index is 0.00774. The molecule has 1 aliphatic heterocycles. The number of ether oxygens (including phenoxy) is 2. The van der Waals surface area contributed by atoms with Crippen LogP contribution in [0.1, 0.15) is 5.56 Å². The highest BCUT2D eigenvalue weighted by Gasteiger charge is 2.26. The predicted octanol–water partition coefficient (Wildman–Crippen LogP) is 3.04. The lowest BCUT2D eigenvalue weighted by atomic mass is 10.2. The summed E-state index contributed by atoms with van der Waals surface area (Å²) >= 11 is 0. The maximum absolute atomic E-state index is 14.5. The normalized spacial score (nSPS) is 14.2. The van der Waals surface area contributed by atoms with Crippen LogP contribution in [0.2, 0.25) is 0 Å². The zero-order valence-electron chi connectivity index (χ0n) is 16.7. The highest BCUT2D eigenvalue weighted by Crippen LogP contribution is 2.29. The molecule has 1 saturated heterocycles. The molecule has 0 radical (unpaired) electrons. The molecule has 4 aromatic rings. The Morgan fingerprint density at radius 1 is 1.09 bits per heavy atom. The van der Waals surface area contributed by atoms with E-state index in [0.29, 0.717) is 12.0 Å². The van der Waals surface area contributed by atoms with Crippen LogP contribution in [0.15, 0.2) is 54.7 Å². The Balaban J connectivity index is 1.62. The van der Waals surface area contributed by atoms with E-state index in [4.69, 9.17) is 9.47 Å². The monoisotopic (exact) mass is 437 g/mol. The second kappa shape index (κ2) is 8.31. The van der Waals surface area contributed by atoms with E-state index >= 15 is 0 Å². The average Bonchev–Trinajstić information content (AvgIpc) is 3.22. The van der Waals surface area contributed by atoms with Crippen LogP contribution in [-0.4, -0.2) is 45.4 Å². The summed E-state index contributed by atoms with van der Waals surface area (Å²) in [5, 5.41) is 4.65. The molecule has 2 aromatic carbocycles.